The van der Waals surface area contributed by atoms with Crippen molar-refractivity contribution in [3.8, 4) is 0 Å². The zero-order valence-electron chi connectivity index (χ0n) is 9.96. The van der Waals surface area contributed by atoms with E-state index >= 15 is 0 Å². The molecule has 1 saturated heterocycles. The third-order valence-electron chi connectivity index (χ3n) is 2.71. The molecule has 0 amide bonds. The molecule has 18 heavy (non-hydrogen) atoms. The van der Waals surface area contributed by atoms with E-state index < -0.39 is 15.8 Å². The maximum absolute atomic E-state index is 11.5. The van der Waals surface area contributed by atoms with Gasteiger partial charge < -0.3 is 9.64 Å². The quantitative estimate of drug-likeness (QED) is 0.741. The Labute approximate surface area is 110 Å². The summed E-state index contributed by atoms with van der Waals surface area (Å²) in [6.07, 6.45) is 2.06. The van der Waals surface area contributed by atoms with Crippen molar-refractivity contribution in [2.24, 2.45) is 0 Å². The SMILES string of the molecule is COC(=O)c1cnc(N2CCCS(=O)(=O)CC2)s1. The zero-order valence-corrected chi connectivity index (χ0v) is 11.6. The van der Waals surface area contributed by atoms with Crippen LogP contribution in [0.5, 0.6) is 0 Å². The number of hydrogen-bond acceptors (Lipinski definition) is 7. The minimum Gasteiger partial charge on any atom is -0.465 e. The standard InChI is InChI=1S/C10H14N2O4S2/c1-16-9(13)8-7-11-10(17-8)12-3-2-5-18(14,15)6-4-12/h7H,2-6H2,1H3. The fourth-order valence-electron chi connectivity index (χ4n) is 1.74. The molecule has 2 heterocycles. The van der Waals surface area contributed by atoms with Gasteiger partial charge in [-0.1, -0.05) is 11.3 Å². The van der Waals surface area contributed by atoms with Crippen LogP contribution in [-0.2, 0) is 14.6 Å². The van der Waals surface area contributed by atoms with E-state index in [2.05, 4.69) is 9.72 Å². The van der Waals surface area contributed by atoms with Gasteiger partial charge in [0.05, 0.1) is 24.8 Å². The number of methoxy groups -OCH3 is 1. The van der Waals surface area contributed by atoms with Gasteiger partial charge in [-0.25, -0.2) is 18.2 Å². The summed E-state index contributed by atoms with van der Waals surface area (Å²) in [4.78, 5) is 17.8. The average Bonchev–Trinajstić information content (AvgIpc) is 2.74. The molecule has 2 rings (SSSR count). The predicted octanol–water partition coefficient (Wildman–Crippen LogP) is 0.555. The van der Waals surface area contributed by atoms with Crippen LogP contribution in [0.15, 0.2) is 6.20 Å². The van der Waals surface area contributed by atoms with Crippen molar-refractivity contribution in [1.82, 2.24) is 4.98 Å². The summed E-state index contributed by atoms with van der Waals surface area (Å²) in [7, 11) is -1.61. The molecule has 0 aliphatic carbocycles. The second-order valence-electron chi connectivity index (χ2n) is 3.99. The number of aromatic nitrogens is 1. The van der Waals surface area contributed by atoms with Gasteiger partial charge in [-0.2, -0.15) is 0 Å². The van der Waals surface area contributed by atoms with Crippen LogP contribution in [0.1, 0.15) is 16.1 Å². The smallest absolute Gasteiger partial charge is 0.349 e. The van der Waals surface area contributed by atoms with Gasteiger partial charge in [0, 0.05) is 13.1 Å². The Balaban J connectivity index is 2.12. The van der Waals surface area contributed by atoms with Gasteiger partial charge in [0.15, 0.2) is 15.0 Å². The molecule has 0 saturated carbocycles. The molecule has 0 radical (unpaired) electrons. The third-order valence-corrected chi connectivity index (χ3v) is 5.46. The largest absolute Gasteiger partial charge is 0.465 e. The fourth-order valence-corrected chi connectivity index (χ4v) is 3.89. The minimum atomic E-state index is -2.93. The number of esters is 1. The zero-order chi connectivity index (χ0) is 13.2. The van der Waals surface area contributed by atoms with Crippen LogP contribution in [0, 0.1) is 0 Å². The molecule has 1 aliphatic rings. The highest BCUT2D eigenvalue weighted by atomic mass is 32.2. The summed E-state index contributed by atoms with van der Waals surface area (Å²) in [6, 6.07) is 0. The van der Waals surface area contributed by atoms with Gasteiger partial charge in [0.25, 0.3) is 0 Å². The molecule has 0 atom stereocenters. The Morgan fingerprint density at radius 2 is 2.22 bits per heavy atom. The first-order valence-corrected chi connectivity index (χ1v) is 8.15. The van der Waals surface area contributed by atoms with Crippen molar-refractivity contribution < 1.29 is 17.9 Å². The van der Waals surface area contributed by atoms with E-state index in [-0.39, 0.29) is 11.5 Å². The molecule has 1 aromatic rings. The highest BCUT2D eigenvalue weighted by molar-refractivity contribution is 7.91. The molecule has 1 aliphatic heterocycles. The van der Waals surface area contributed by atoms with E-state index in [1.165, 1.54) is 24.6 Å². The number of rotatable bonds is 2. The molecule has 0 aromatic carbocycles. The molecule has 0 spiro atoms. The van der Waals surface area contributed by atoms with Crippen LogP contribution >= 0.6 is 11.3 Å². The predicted molar refractivity (Wildman–Crippen MR) is 68.9 cm³/mol. The maximum atomic E-state index is 11.5. The van der Waals surface area contributed by atoms with Gasteiger partial charge in [-0.15, -0.1) is 0 Å². The van der Waals surface area contributed by atoms with Crippen LogP contribution in [0.4, 0.5) is 5.13 Å². The topological polar surface area (TPSA) is 76.6 Å². The Kier molecular flexibility index (Phi) is 3.86. The molecule has 1 fully saturated rings. The highest BCUT2D eigenvalue weighted by Crippen LogP contribution is 2.24. The molecule has 1 aromatic heterocycles. The molecule has 0 bridgehead atoms. The van der Waals surface area contributed by atoms with Gasteiger partial charge in [0.2, 0.25) is 0 Å². The van der Waals surface area contributed by atoms with Crippen molar-refractivity contribution in [3.05, 3.63) is 11.1 Å². The van der Waals surface area contributed by atoms with Crippen molar-refractivity contribution in [1.29, 1.82) is 0 Å². The first-order valence-electron chi connectivity index (χ1n) is 5.51. The van der Waals surface area contributed by atoms with Crippen LogP contribution in [-0.4, -0.2) is 51.1 Å². The molecule has 100 valence electrons. The number of thiazole rings is 1. The number of hydrogen-bond donors (Lipinski definition) is 0. The highest BCUT2D eigenvalue weighted by Gasteiger charge is 2.22. The summed E-state index contributed by atoms with van der Waals surface area (Å²) in [5.74, 6) is -0.0556. The monoisotopic (exact) mass is 290 g/mol. The normalized spacial score (nSPS) is 19.3. The van der Waals surface area contributed by atoms with Gasteiger partial charge in [0.1, 0.15) is 4.88 Å². The Morgan fingerprint density at radius 3 is 2.94 bits per heavy atom. The van der Waals surface area contributed by atoms with Gasteiger partial charge in [-0.05, 0) is 6.42 Å². The van der Waals surface area contributed by atoms with E-state index in [1.807, 2.05) is 4.90 Å². The lowest BCUT2D eigenvalue weighted by atomic mass is 10.4. The molecule has 8 heteroatoms. The van der Waals surface area contributed by atoms with E-state index in [1.54, 1.807) is 0 Å². The number of ether oxygens (including phenoxy) is 1. The number of carbonyl (C=O) groups is 1. The van der Waals surface area contributed by atoms with Gasteiger partial charge >= 0.3 is 5.97 Å². The average molecular weight is 290 g/mol. The minimum absolute atomic E-state index is 0.139. The summed E-state index contributed by atoms with van der Waals surface area (Å²) >= 11 is 1.23. The van der Waals surface area contributed by atoms with E-state index in [4.69, 9.17) is 0 Å². The van der Waals surface area contributed by atoms with Crippen LogP contribution in [0.2, 0.25) is 0 Å². The Hall–Kier alpha value is -1.15. The Morgan fingerprint density at radius 1 is 1.44 bits per heavy atom. The number of nitrogens with zero attached hydrogens (tertiary/aromatic N) is 2. The molecular formula is C10H14N2O4S2. The van der Waals surface area contributed by atoms with E-state index in [0.29, 0.717) is 29.5 Å². The lowest BCUT2D eigenvalue weighted by Gasteiger charge is -2.17. The van der Waals surface area contributed by atoms with Gasteiger partial charge in [-0.3, -0.25) is 0 Å². The Bertz CT molecular complexity index is 538. The third kappa shape index (κ3) is 2.99. The van der Waals surface area contributed by atoms with E-state index in [9.17, 15) is 13.2 Å². The summed E-state index contributed by atoms with van der Waals surface area (Å²) in [6.45, 7) is 1.07. The maximum Gasteiger partial charge on any atom is 0.349 e. The number of carbonyl (C=O) groups excluding carboxylic acids is 1. The van der Waals surface area contributed by atoms with Crippen LogP contribution in [0.3, 0.4) is 0 Å². The van der Waals surface area contributed by atoms with E-state index in [0.717, 1.165) is 0 Å². The molecule has 0 unspecified atom stereocenters. The van der Waals surface area contributed by atoms with Crippen molar-refractivity contribution in [2.75, 3.05) is 36.6 Å². The van der Waals surface area contributed by atoms with Crippen LogP contribution in [0.25, 0.3) is 0 Å². The van der Waals surface area contributed by atoms with Crippen LogP contribution < -0.4 is 4.90 Å². The lowest BCUT2D eigenvalue weighted by molar-refractivity contribution is 0.0606. The molecule has 0 N–H and O–H groups in total. The second-order valence-corrected chi connectivity index (χ2v) is 7.30. The van der Waals surface area contributed by atoms with Crippen molar-refractivity contribution >= 4 is 32.3 Å². The fraction of sp³-hybridized carbons (Fsp3) is 0.600. The second kappa shape index (κ2) is 5.23. The first kappa shape index (κ1) is 13.3. The lowest BCUT2D eigenvalue weighted by Crippen LogP contribution is -2.26. The first-order chi connectivity index (χ1) is 8.52. The summed E-state index contributed by atoms with van der Waals surface area (Å²) < 4.78 is 27.6. The number of anilines is 1. The summed E-state index contributed by atoms with van der Waals surface area (Å²) in [5, 5.41) is 0.674. The summed E-state index contributed by atoms with van der Waals surface area (Å²) in [5.41, 5.74) is 0. The van der Waals surface area contributed by atoms with Crippen molar-refractivity contribution in [3.63, 3.8) is 0 Å². The molecular weight excluding hydrogens is 276 g/mol. The van der Waals surface area contributed by atoms with Crippen molar-refractivity contribution in [2.45, 2.75) is 6.42 Å². The molecule has 6 nitrogen and oxygen atoms in total. The number of sulfone groups is 1.